The highest BCUT2D eigenvalue weighted by molar-refractivity contribution is 9.10. The fourth-order valence-electron chi connectivity index (χ4n) is 2.26. The molecule has 1 amide bonds. The van der Waals surface area contributed by atoms with E-state index in [0.29, 0.717) is 27.0 Å². The van der Waals surface area contributed by atoms with E-state index in [2.05, 4.69) is 21.0 Å². The first kappa shape index (κ1) is 15.8. The van der Waals surface area contributed by atoms with Gasteiger partial charge in [-0.1, -0.05) is 29.8 Å². The molecule has 0 saturated heterocycles. The Hall–Kier alpha value is -2.11. The maximum atomic E-state index is 12.6. The summed E-state index contributed by atoms with van der Waals surface area (Å²) in [4.78, 5) is 12.6. The van der Waals surface area contributed by atoms with Gasteiger partial charge in [-0.15, -0.1) is 0 Å². The van der Waals surface area contributed by atoms with Crippen molar-refractivity contribution in [1.29, 1.82) is 0 Å². The number of benzene rings is 2. The van der Waals surface area contributed by atoms with E-state index in [1.54, 1.807) is 25.1 Å². The number of anilines is 1. The van der Waals surface area contributed by atoms with Crippen LogP contribution >= 0.6 is 27.5 Å². The van der Waals surface area contributed by atoms with Crippen LogP contribution in [0, 0.1) is 0 Å². The summed E-state index contributed by atoms with van der Waals surface area (Å²) in [6.45, 7) is 1.78. The smallest absolute Gasteiger partial charge is 0.280 e. The molecule has 2 aromatic carbocycles. The molecule has 0 saturated carbocycles. The summed E-state index contributed by atoms with van der Waals surface area (Å²) in [6, 6.07) is 12.5. The minimum absolute atomic E-state index is 0.0251. The summed E-state index contributed by atoms with van der Waals surface area (Å²) in [5.41, 5.74) is 2.53. The molecule has 0 atom stereocenters. The minimum atomic E-state index is -0.200. The number of hydrogen-bond donors (Lipinski definition) is 1. The number of phenolic OH excluding ortho intramolecular Hbond substituents is 1. The number of rotatable bonds is 2. The molecular formula is C17H12BrClN2O2. The number of para-hydroxylation sites is 1. The molecule has 0 radical (unpaired) electrons. The van der Waals surface area contributed by atoms with Crippen LogP contribution in [0.5, 0.6) is 5.75 Å². The fourth-order valence-corrected chi connectivity index (χ4v) is 3.08. The topological polar surface area (TPSA) is 52.9 Å². The number of aromatic hydroxyl groups is 1. The van der Waals surface area contributed by atoms with Crippen LogP contribution in [0.2, 0.25) is 5.02 Å². The van der Waals surface area contributed by atoms with Crippen LogP contribution in [0.1, 0.15) is 12.5 Å². The van der Waals surface area contributed by atoms with Crippen molar-refractivity contribution < 1.29 is 9.90 Å². The van der Waals surface area contributed by atoms with Crippen molar-refractivity contribution in [1.82, 2.24) is 0 Å². The van der Waals surface area contributed by atoms with Crippen LogP contribution in [0.4, 0.5) is 5.69 Å². The van der Waals surface area contributed by atoms with E-state index in [4.69, 9.17) is 11.6 Å². The predicted molar refractivity (Wildman–Crippen MR) is 95.8 cm³/mol. The van der Waals surface area contributed by atoms with Crippen molar-refractivity contribution in [3.05, 3.63) is 63.1 Å². The van der Waals surface area contributed by atoms with Crippen molar-refractivity contribution in [2.75, 3.05) is 5.01 Å². The zero-order chi connectivity index (χ0) is 16.6. The molecule has 0 spiro atoms. The molecule has 1 N–H and O–H groups in total. The molecule has 1 aliphatic rings. The van der Waals surface area contributed by atoms with Gasteiger partial charge in [-0.2, -0.15) is 10.1 Å². The maximum absolute atomic E-state index is 12.6. The molecule has 1 aliphatic heterocycles. The Balaban J connectivity index is 1.99. The highest BCUT2D eigenvalue weighted by Gasteiger charge is 2.28. The maximum Gasteiger partial charge on any atom is 0.280 e. The van der Waals surface area contributed by atoms with Crippen molar-refractivity contribution in [2.45, 2.75) is 6.92 Å². The van der Waals surface area contributed by atoms with Gasteiger partial charge in [0.15, 0.2) is 0 Å². The number of halogens is 2. The number of carbonyl (C=O) groups is 1. The Kier molecular flexibility index (Phi) is 4.24. The number of amides is 1. The first-order chi connectivity index (χ1) is 11.0. The molecule has 4 nitrogen and oxygen atoms in total. The summed E-state index contributed by atoms with van der Waals surface area (Å²) >= 11 is 9.20. The van der Waals surface area contributed by atoms with Crippen molar-refractivity contribution in [3.8, 4) is 5.75 Å². The van der Waals surface area contributed by atoms with E-state index >= 15 is 0 Å². The molecule has 23 heavy (non-hydrogen) atoms. The summed E-state index contributed by atoms with van der Waals surface area (Å²) < 4.78 is 0.469. The zero-order valence-electron chi connectivity index (χ0n) is 12.1. The van der Waals surface area contributed by atoms with Crippen molar-refractivity contribution in [3.63, 3.8) is 0 Å². The Morgan fingerprint density at radius 1 is 1.26 bits per heavy atom. The molecule has 0 unspecified atom stereocenters. The normalized spacial score (nSPS) is 16.1. The molecule has 0 fully saturated rings. The molecule has 116 valence electrons. The van der Waals surface area contributed by atoms with Gasteiger partial charge in [0.25, 0.3) is 5.91 Å². The van der Waals surface area contributed by atoms with Crippen molar-refractivity contribution in [2.24, 2.45) is 5.10 Å². The first-order valence-electron chi connectivity index (χ1n) is 6.82. The number of hydrogen-bond acceptors (Lipinski definition) is 3. The molecule has 6 heteroatoms. The van der Waals surface area contributed by atoms with Gasteiger partial charge in [-0.25, -0.2) is 0 Å². The Morgan fingerprint density at radius 3 is 2.61 bits per heavy atom. The molecule has 0 bridgehead atoms. The first-order valence-corrected chi connectivity index (χ1v) is 7.99. The minimum Gasteiger partial charge on any atom is -0.505 e. The molecule has 1 heterocycles. The second kappa shape index (κ2) is 6.18. The number of phenols is 1. The average Bonchev–Trinajstić information content (AvgIpc) is 2.81. The molecule has 3 rings (SSSR count). The summed E-state index contributed by atoms with van der Waals surface area (Å²) in [6.07, 6.45) is 1.71. The van der Waals surface area contributed by atoms with Gasteiger partial charge < -0.3 is 5.11 Å². The van der Waals surface area contributed by atoms with Crippen LogP contribution < -0.4 is 5.01 Å². The third-order valence-corrected chi connectivity index (χ3v) is 4.31. The Morgan fingerprint density at radius 2 is 1.96 bits per heavy atom. The van der Waals surface area contributed by atoms with Crippen LogP contribution in [0.25, 0.3) is 6.08 Å². The third kappa shape index (κ3) is 3.02. The quantitative estimate of drug-likeness (QED) is 0.760. The van der Waals surface area contributed by atoms with Crippen LogP contribution in [-0.4, -0.2) is 16.7 Å². The van der Waals surface area contributed by atoms with Gasteiger partial charge in [0.2, 0.25) is 0 Å². The summed E-state index contributed by atoms with van der Waals surface area (Å²) in [7, 11) is 0. The molecule has 2 aromatic rings. The van der Waals surface area contributed by atoms with Gasteiger partial charge in [0, 0.05) is 0 Å². The second-order valence-corrected chi connectivity index (χ2v) is 6.29. The molecule has 0 aliphatic carbocycles. The van der Waals surface area contributed by atoms with E-state index in [1.807, 2.05) is 30.3 Å². The number of nitrogens with zero attached hydrogens (tertiary/aromatic N) is 2. The van der Waals surface area contributed by atoms with Crippen LogP contribution in [0.15, 0.2) is 57.6 Å². The van der Waals surface area contributed by atoms with E-state index in [1.165, 1.54) is 5.01 Å². The van der Waals surface area contributed by atoms with Gasteiger partial charge >= 0.3 is 0 Å². The lowest BCUT2D eigenvalue weighted by atomic mass is 10.1. The number of carbonyl (C=O) groups excluding carboxylic acids is 1. The average molecular weight is 392 g/mol. The Bertz CT molecular complexity index is 824. The van der Waals surface area contributed by atoms with Crippen molar-refractivity contribution >= 4 is 50.9 Å². The highest BCUT2D eigenvalue weighted by atomic mass is 79.9. The SMILES string of the molecule is CC1=NN(c2ccccc2)C(=O)/C1=C\c1cc(Cl)c(O)c(Br)c1. The second-order valence-electron chi connectivity index (χ2n) is 5.03. The lowest BCUT2D eigenvalue weighted by Crippen LogP contribution is -2.21. The zero-order valence-corrected chi connectivity index (χ0v) is 14.5. The van der Waals surface area contributed by atoms with Gasteiger partial charge in [-0.05, 0) is 58.8 Å². The van der Waals surface area contributed by atoms with Crippen LogP contribution in [-0.2, 0) is 4.79 Å². The standard InChI is InChI=1S/C17H12BrClN2O2/c1-10-13(7-11-8-14(18)16(22)15(19)9-11)17(23)21(20-10)12-5-3-2-4-6-12/h2-9,22H,1H3/b13-7-. The van der Waals surface area contributed by atoms with Gasteiger partial charge in [0.05, 0.1) is 26.5 Å². The van der Waals surface area contributed by atoms with E-state index in [0.717, 1.165) is 0 Å². The lowest BCUT2D eigenvalue weighted by molar-refractivity contribution is -0.114. The summed E-state index contributed by atoms with van der Waals surface area (Å²) in [5.74, 6) is -0.225. The highest BCUT2D eigenvalue weighted by Crippen LogP contribution is 2.34. The van der Waals surface area contributed by atoms with E-state index in [9.17, 15) is 9.90 Å². The molecular weight excluding hydrogens is 380 g/mol. The summed E-state index contributed by atoms with van der Waals surface area (Å²) in [5, 5.41) is 15.6. The predicted octanol–water partition coefficient (Wildman–Crippen LogP) is 4.61. The van der Waals surface area contributed by atoms with Gasteiger partial charge in [-0.3, -0.25) is 4.79 Å². The fraction of sp³-hybridized carbons (Fsp3) is 0.0588. The lowest BCUT2D eigenvalue weighted by Gasteiger charge is -2.11. The van der Waals surface area contributed by atoms with E-state index < -0.39 is 0 Å². The monoisotopic (exact) mass is 390 g/mol. The largest absolute Gasteiger partial charge is 0.505 e. The Labute approximate surface area is 146 Å². The molecule has 0 aromatic heterocycles. The van der Waals surface area contributed by atoms with E-state index in [-0.39, 0.29) is 16.7 Å². The third-order valence-electron chi connectivity index (χ3n) is 3.41. The van der Waals surface area contributed by atoms with Gasteiger partial charge in [0.1, 0.15) is 5.75 Å². The van der Waals surface area contributed by atoms with Crippen LogP contribution in [0.3, 0.4) is 0 Å². The number of hydrazone groups is 1.